The van der Waals surface area contributed by atoms with Crippen molar-refractivity contribution < 1.29 is 19.4 Å². The molecule has 1 aromatic rings. The predicted octanol–water partition coefficient (Wildman–Crippen LogP) is 1.68. The number of carbonyl (C=O) groups is 1. The summed E-state index contributed by atoms with van der Waals surface area (Å²) in [6.45, 7) is 2.67. The molecule has 2 rings (SSSR count). The molecule has 20 heavy (non-hydrogen) atoms. The molecule has 5 heteroatoms. The Morgan fingerprint density at radius 1 is 1.50 bits per heavy atom. The molecule has 2 atom stereocenters. The summed E-state index contributed by atoms with van der Waals surface area (Å²) in [5, 5.41) is 9.46. The van der Waals surface area contributed by atoms with Gasteiger partial charge in [0.1, 0.15) is 5.75 Å². The zero-order chi connectivity index (χ0) is 14.5. The van der Waals surface area contributed by atoms with E-state index in [-0.39, 0.29) is 23.9 Å². The standard InChI is InChI=1S/C15H21NO4/c1-2-19-14(18)4-3-7-20-15-12-6-5-11(17)8-10(12)9-13(15)16/h5-6,8,13,15,17H,2-4,7,9,16H2,1H3. The first kappa shape index (κ1) is 14.8. The molecule has 110 valence electrons. The highest BCUT2D eigenvalue weighted by molar-refractivity contribution is 5.69. The van der Waals surface area contributed by atoms with Gasteiger partial charge < -0.3 is 20.3 Å². The third kappa shape index (κ3) is 3.49. The smallest absolute Gasteiger partial charge is 0.305 e. The average molecular weight is 279 g/mol. The Hall–Kier alpha value is -1.59. The third-order valence-corrected chi connectivity index (χ3v) is 3.41. The van der Waals surface area contributed by atoms with Crippen molar-refractivity contribution in [3.05, 3.63) is 29.3 Å². The number of phenols is 1. The zero-order valence-corrected chi connectivity index (χ0v) is 11.7. The van der Waals surface area contributed by atoms with Gasteiger partial charge in [-0.15, -0.1) is 0 Å². The van der Waals surface area contributed by atoms with Crippen LogP contribution in [0.5, 0.6) is 5.75 Å². The van der Waals surface area contributed by atoms with E-state index in [0.29, 0.717) is 32.5 Å². The summed E-state index contributed by atoms with van der Waals surface area (Å²) < 4.78 is 10.7. The normalized spacial score (nSPS) is 20.7. The number of aromatic hydroxyl groups is 1. The molecule has 0 saturated carbocycles. The van der Waals surface area contributed by atoms with Crippen LogP contribution in [-0.4, -0.2) is 30.3 Å². The number of fused-ring (bicyclic) bond motifs is 1. The summed E-state index contributed by atoms with van der Waals surface area (Å²) in [4.78, 5) is 11.2. The molecule has 0 bridgehead atoms. The molecule has 0 radical (unpaired) electrons. The molecule has 1 aliphatic carbocycles. The van der Waals surface area contributed by atoms with Crippen molar-refractivity contribution in [3.8, 4) is 5.75 Å². The summed E-state index contributed by atoms with van der Waals surface area (Å²) in [5.74, 6) is 0.0519. The van der Waals surface area contributed by atoms with E-state index in [0.717, 1.165) is 11.1 Å². The Bertz CT molecular complexity index is 475. The van der Waals surface area contributed by atoms with E-state index in [1.54, 1.807) is 19.1 Å². The Morgan fingerprint density at radius 3 is 3.05 bits per heavy atom. The molecule has 0 spiro atoms. The number of esters is 1. The molecule has 0 aliphatic heterocycles. The third-order valence-electron chi connectivity index (χ3n) is 3.41. The van der Waals surface area contributed by atoms with Crippen molar-refractivity contribution in [2.75, 3.05) is 13.2 Å². The number of hydrogen-bond acceptors (Lipinski definition) is 5. The van der Waals surface area contributed by atoms with Gasteiger partial charge in [0, 0.05) is 19.1 Å². The van der Waals surface area contributed by atoms with Gasteiger partial charge in [0.25, 0.3) is 0 Å². The molecule has 0 aromatic heterocycles. The van der Waals surface area contributed by atoms with Crippen molar-refractivity contribution in [2.45, 2.75) is 38.3 Å². The first-order valence-electron chi connectivity index (χ1n) is 6.96. The van der Waals surface area contributed by atoms with E-state index in [2.05, 4.69) is 0 Å². The van der Waals surface area contributed by atoms with Crippen molar-refractivity contribution in [1.82, 2.24) is 0 Å². The monoisotopic (exact) mass is 279 g/mol. The van der Waals surface area contributed by atoms with E-state index in [9.17, 15) is 9.90 Å². The lowest BCUT2D eigenvalue weighted by molar-refractivity contribution is -0.143. The summed E-state index contributed by atoms with van der Waals surface area (Å²) in [5.41, 5.74) is 8.14. The summed E-state index contributed by atoms with van der Waals surface area (Å²) in [7, 11) is 0. The molecule has 3 N–H and O–H groups in total. The highest BCUT2D eigenvalue weighted by Gasteiger charge is 2.30. The second-order valence-electron chi connectivity index (χ2n) is 4.95. The van der Waals surface area contributed by atoms with E-state index in [4.69, 9.17) is 15.2 Å². The fourth-order valence-corrected chi connectivity index (χ4v) is 2.51. The minimum Gasteiger partial charge on any atom is -0.508 e. The lowest BCUT2D eigenvalue weighted by Crippen LogP contribution is -2.27. The molecule has 0 fully saturated rings. The van der Waals surface area contributed by atoms with Gasteiger partial charge in [0.15, 0.2) is 0 Å². The van der Waals surface area contributed by atoms with Crippen LogP contribution in [0.15, 0.2) is 18.2 Å². The van der Waals surface area contributed by atoms with Crippen LogP contribution in [0.25, 0.3) is 0 Å². The zero-order valence-electron chi connectivity index (χ0n) is 11.7. The first-order chi connectivity index (χ1) is 9.61. The highest BCUT2D eigenvalue weighted by atomic mass is 16.5. The number of nitrogens with two attached hydrogens (primary N) is 1. The lowest BCUT2D eigenvalue weighted by atomic mass is 10.1. The average Bonchev–Trinajstić information content (AvgIpc) is 2.70. The van der Waals surface area contributed by atoms with Gasteiger partial charge in [0.05, 0.1) is 12.7 Å². The molecule has 2 unspecified atom stereocenters. The van der Waals surface area contributed by atoms with Crippen LogP contribution in [0.2, 0.25) is 0 Å². The SMILES string of the molecule is CCOC(=O)CCCOC1c2ccc(O)cc2CC1N. The van der Waals surface area contributed by atoms with Crippen LogP contribution in [0.1, 0.15) is 37.0 Å². The first-order valence-corrected chi connectivity index (χ1v) is 6.96. The number of rotatable bonds is 6. The second kappa shape index (κ2) is 6.72. The van der Waals surface area contributed by atoms with Crippen LogP contribution in [0, 0.1) is 0 Å². The van der Waals surface area contributed by atoms with E-state index in [1.165, 1.54) is 0 Å². The van der Waals surface area contributed by atoms with Gasteiger partial charge in [-0.1, -0.05) is 6.07 Å². The minimum absolute atomic E-state index is 0.102. The predicted molar refractivity (Wildman–Crippen MR) is 74.3 cm³/mol. The van der Waals surface area contributed by atoms with Gasteiger partial charge in [-0.25, -0.2) is 0 Å². The molecular formula is C15H21NO4. The van der Waals surface area contributed by atoms with Crippen molar-refractivity contribution in [1.29, 1.82) is 0 Å². The number of ether oxygens (including phenoxy) is 2. The molecule has 5 nitrogen and oxygen atoms in total. The van der Waals surface area contributed by atoms with Gasteiger partial charge in [-0.05, 0) is 43.0 Å². The van der Waals surface area contributed by atoms with Crippen LogP contribution >= 0.6 is 0 Å². The lowest BCUT2D eigenvalue weighted by Gasteiger charge is -2.17. The molecule has 0 saturated heterocycles. The molecular weight excluding hydrogens is 258 g/mol. The fourth-order valence-electron chi connectivity index (χ4n) is 2.51. The van der Waals surface area contributed by atoms with Crippen LogP contribution < -0.4 is 5.73 Å². The van der Waals surface area contributed by atoms with Crippen LogP contribution in [0.4, 0.5) is 0 Å². The minimum atomic E-state index is -0.197. The Morgan fingerprint density at radius 2 is 2.30 bits per heavy atom. The summed E-state index contributed by atoms with van der Waals surface area (Å²) in [6.07, 6.45) is 1.52. The fraction of sp³-hybridized carbons (Fsp3) is 0.533. The number of phenolic OH excluding ortho intramolecular Hbond substituents is 1. The van der Waals surface area contributed by atoms with Crippen LogP contribution in [-0.2, 0) is 20.7 Å². The topological polar surface area (TPSA) is 81.8 Å². The highest BCUT2D eigenvalue weighted by Crippen LogP contribution is 2.35. The maximum absolute atomic E-state index is 11.2. The van der Waals surface area contributed by atoms with Gasteiger partial charge >= 0.3 is 5.97 Å². The maximum Gasteiger partial charge on any atom is 0.305 e. The molecule has 1 aliphatic rings. The van der Waals surface area contributed by atoms with Gasteiger partial charge in [-0.3, -0.25) is 4.79 Å². The summed E-state index contributed by atoms with van der Waals surface area (Å²) >= 11 is 0. The molecule has 0 heterocycles. The van der Waals surface area contributed by atoms with E-state index in [1.807, 2.05) is 6.07 Å². The quantitative estimate of drug-likeness (QED) is 0.611. The number of hydrogen-bond donors (Lipinski definition) is 2. The molecule has 0 amide bonds. The largest absolute Gasteiger partial charge is 0.508 e. The second-order valence-corrected chi connectivity index (χ2v) is 4.95. The number of carbonyl (C=O) groups excluding carboxylic acids is 1. The Labute approximate surface area is 118 Å². The van der Waals surface area contributed by atoms with Crippen molar-refractivity contribution in [3.63, 3.8) is 0 Å². The van der Waals surface area contributed by atoms with Crippen molar-refractivity contribution >= 4 is 5.97 Å². The summed E-state index contributed by atoms with van der Waals surface area (Å²) in [6, 6.07) is 5.13. The molecule has 1 aromatic carbocycles. The van der Waals surface area contributed by atoms with Crippen molar-refractivity contribution in [2.24, 2.45) is 5.73 Å². The maximum atomic E-state index is 11.2. The van der Waals surface area contributed by atoms with Gasteiger partial charge in [-0.2, -0.15) is 0 Å². The van der Waals surface area contributed by atoms with E-state index < -0.39 is 0 Å². The van der Waals surface area contributed by atoms with E-state index >= 15 is 0 Å². The van der Waals surface area contributed by atoms with Gasteiger partial charge in [0.2, 0.25) is 0 Å². The van der Waals surface area contributed by atoms with Crippen LogP contribution in [0.3, 0.4) is 0 Å². The number of benzene rings is 1. The Kier molecular flexibility index (Phi) is 4.98. The Balaban J connectivity index is 1.84.